The standard InChI is InChI=1S/C28H35N7O5S/c1-27(2)17-19-18-34(27)25-20(26(36)33-41(37,38)24-6-4-5-21(30-24)29-13-16-39-19)7-8-22(31-25)35-14-9-23(32-35)40-15-12-28(3)10-11-28/h4-9,14,19H,10-13,15-18H2,1-3H3,(H,29,30)(H,33,36). The number of anilines is 2. The van der Waals surface area contributed by atoms with Gasteiger partial charge in [0.15, 0.2) is 10.8 Å². The van der Waals surface area contributed by atoms with E-state index < -0.39 is 21.5 Å². The molecule has 1 aliphatic carbocycles. The topological polar surface area (TPSA) is 141 Å². The van der Waals surface area contributed by atoms with Crippen molar-refractivity contribution in [3.05, 3.63) is 48.2 Å². The highest BCUT2D eigenvalue weighted by atomic mass is 32.2. The number of rotatable bonds is 5. The molecule has 3 aromatic heterocycles. The predicted octanol–water partition coefficient (Wildman–Crippen LogP) is 3.15. The lowest BCUT2D eigenvalue weighted by Gasteiger charge is -2.33. The summed E-state index contributed by atoms with van der Waals surface area (Å²) >= 11 is 0. The van der Waals surface area contributed by atoms with Crippen molar-refractivity contribution in [2.24, 2.45) is 5.41 Å². The van der Waals surface area contributed by atoms with Gasteiger partial charge in [-0.3, -0.25) is 4.79 Å². The van der Waals surface area contributed by atoms with Crippen LogP contribution in [0.15, 0.2) is 47.6 Å². The van der Waals surface area contributed by atoms with Gasteiger partial charge in [0.2, 0.25) is 5.88 Å². The Bertz CT molecular complexity index is 1570. The molecule has 2 aliphatic heterocycles. The molecule has 1 atom stereocenters. The van der Waals surface area contributed by atoms with Crippen LogP contribution >= 0.6 is 0 Å². The maximum Gasteiger partial charge on any atom is 0.281 e. The zero-order valence-corrected chi connectivity index (χ0v) is 24.3. The SMILES string of the molecule is CC1(CCOc2ccn(-c3ccc4c(n3)N3CC(CC3(C)C)OCCNc3cccc(n3)S(=O)(=O)NC4=O)n2)CC1. The van der Waals surface area contributed by atoms with Crippen molar-refractivity contribution in [3.8, 4) is 11.7 Å². The summed E-state index contributed by atoms with van der Waals surface area (Å²) in [6, 6.07) is 9.57. The summed E-state index contributed by atoms with van der Waals surface area (Å²) in [6.45, 7) is 8.29. The highest BCUT2D eigenvalue weighted by Crippen LogP contribution is 2.48. The van der Waals surface area contributed by atoms with Gasteiger partial charge >= 0.3 is 0 Å². The number of ether oxygens (including phenoxy) is 2. The molecule has 2 fully saturated rings. The van der Waals surface area contributed by atoms with Crippen molar-refractivity contribution in [3.63, 3.8) is 0 Å². The van der Waals surface area contributed by atoms with E-state index in [-0.39, 0.29) is 16.7 Å². The van der Waals surface area contributed by atoms with Crippen molar-refractivity contribution in [1.29, 1.82) is 0 Å². The Labute approximate surface area is 239 Å². The molecule has 1 amide bonds. The number of hydrogen-bond donors (Lipinski definition) is 2. The Morgan fingerprint density at radius 3 is 2.76 bits per heavy atom. The molecule has 0 radical (unpaired) electrons. The molecule has 1 unspecified atom stereocenters. The highest BCUT2D eigenvalue weighted by molar-refractivity contribution is 7.90. The van der Waals surface area contributed by atoms with Gasteiger partial charge in [-0.1, -0.05) is 13.0 Å². The van der Waals surface area contributed by atoms with Gasteiger partial charge in [0.05, 0.1) is 24.9 Å². The van der Waals surface area contributed by atoms with E-state index >= 15 is 0 Å². The lowest BCUT2D eigenvalue weighted by Crippen LogP contribution is -2.41. The second-order valence-electron chi connectivity index (χ2n) is 11.9. The van der Waals surface area contributed by atoms with Crippen LogP contribution in [0, 0.1) is 5.41 Å². The molecule has 218 valence electrons. The van der Waals surface area contributed by atoms with Crippen molar-refractivity contribution in [1.82, 2.24) is 24.5 Å². The first kappa shape index (κ1) is 27.5. The molecule has 4 bridgehead atoms. The first-order valence-electron chi connectivity index (χ1n) is 13.9. The molecular formula is C28H35N7O5S. The Morgan fingerprint density at radius 2 is 1.95 bits per heavy atom. The largest absolute Gasteiger partial charge is 0.477 e. The number of carbonyl (C=O) groups is 1. The van der Waals surface area contributed by atoms with Gasteiger partial charge in [-0.2, -0.15) is 8.42 Å². The highest BCUT2D eigenvalue weighted by Gasteiger charge is 2.42. The van der Waals surface area contributed by atoms with Crippen molar-refractivity contribution < 1.29 is 22.7 Å². The number of carbonyl (C=O) groups excluding carboxylic acids is 1. The minimum atomic E-state index is -4.25. The van der Waals surface area contributed by atoms with E-state index in [0.29, 0.717) is 61.5 Å². The number of amides is 1. The van der Waals surface area contributed by atoms with Gasteiger partial charge in [0.1, 0.15) is 11.6 Å². The van der Waals surface area contributed by atoms with Crippen LogP contribution in [0.3, 0.4) is 0 Å². The van der Waals surface area contributed by atoms with Crippen molar-refractivity contribution in [2.75, 3.05) is 36.5 Å². The fourth-order valence-electron chi connectivity index (χ4n) is 5.29. The first-order valence-corrected chi connectivity index (χ1v) is 15.4. The second-order valence-corrected chi connectivity index (χ2v) is 13.5. The molecule has 6 rings (SSSR count). The second kappa shape index (κ2) is 10.3. The van der Waals surface area contributed by atoms with Crippen molar-refractivity contribution >= 4 is 27.6 Å². The van der Waals surface area contributed by atoms with E-state index in [9.17, 15) is 13.2 Å². The van der Waals surface area contributed by atoms with Gasteiger partial charge in [0, 0.05) is 30.9 Å². The molecule has 12 nitrogen and oxygen atoms in total. The number of nitrogens with zero attached hydrogens (tertiary/aromatic N) is 5. The van der Waals surface area contributed by atoms with Gasteiger partial charge < -0.3 is 19.7 Å². The molecule has 13 heteroatoms. The minimum absolute atomic E-state index is 0.112. The Hall–Kier alpha value is -3.71. The van der Waals surface area contributed by atoms with Crippen LogP contribution in [0.1, 0.15) is 56.8 Å². The van der Waals surface area contributed by atoms with Gasteiger partial charge in [-0.25, -0.2) is 19.4 Å². The number of pyridine rings is 2. The zero-order valence-electron chi connectivity index (χ0n) is 23.5. The van der Waals surface area contributed by atoms with Crippen LogP contribution in [0.2, 0.25) is 0 Å². The van der Waals surface area contributed by atoms with E-state index in [1.807, 2.05) is 4.90 Å². The van der Waals surface area contributed by atoms with Gasteiger partial charge in [-0.05, 0) is 69.2 Å². The zero-order chi connectivity index (χ0) is 28.8. The van der Waals surface area contributed by atoms with E-state index in [1.54, 1.807) is 41.2 Å². The summed E-state index contributed by atoms with van der Waals surface area (Å²) < 4.78 is 42.1. The minimum Gasteiger partial charge on any atom is -0.477 e. The molecule has 5 heterocycles. The summed E-state index contributed by atoms with van der Waals surface area (Å²) in [7, 11) is -4.25. The fraction of sp³-hybridized carbons (Fsp3) is 0.500. The van der Waals surface area contributed by atoms with E-state index in [2.05, 4.69) is 40.9 Å². The van der Waals surface area contributed by atoms with Crippen LogP contribution in [0.4, 0.5) is 11.6 Å². The molecule has 1 saturated carbocycles. The maximum atomic E-state index is 13.5. The van der Waals surface area contributed by atoms with E-state index in [4.69, 9.17) is 14.5 Å². The van der Waals surface area contributed by atoms with Crippen LogP contribution in [0.5, 0.6) is 5.88 Å². The third kappa shape index (κ3) is 5.87. The molecule has 2 N–H and O–H groups in total. The number of aromatic nitrogens is 4. The van der Waals surface area contributed by atoms with E-state index in [0.717, 1.165) is 6.42 Å². The first-order chi connectivity index (χ1) is 19.5. The summed E-state index contributed by atoms with van der Waals surface area (Å²) in [5.41, 5.74) is 0.0920. The average molecular weight is 582 g/mol. The number of nitrogens with one attached hydrogen (secondary N) is 2. The third-order valence-electron chi connectivity index (χ3n) is 8.05. The summed E-state index contributed by atoms with van der Waals surface area (Å²) in [5, 5.41) is 7.36. The van der Waals surface area contributed by atoms with Crippen LogP contribution < -0.4 is 19.7 Å². The summed E-state index contributed by atoms with van der Waals surface area (Å²) in [6.07, 6.45) is 5.80. The summed E-state index contributed by atoms with van der Waals surface area (Å²) in [4.78, 5) is 24.5. The molecular weight excluding hydrogens is 546 g/mol. The smallest absolute Gasteiger partial charge is 0.281 e. The summed E-state index contributed by atoms with van der Waals surface area (Å²) in [5.74, 6) is 0.894. The van der Waals surface area contributed by atoms with Gasteiger partial charge in [0.25, 0.3) is 15.9 Å². The Morgan fingerprint density at radius 1 is 1.12 bits per heavy atom. The molecule has 0 aromatic carbocycles. The normalized spacial score (nSPS) is 22.5. The predicted molar refractivity (Wildman–Crippen MR) is 152 cm³/mol. The molecule has 1 saturated heterocycles. The number of fused-ring (bicyclic) bond motifs is 6. The number of hydrogen-bond acceptors (Lipinski definition) is 10. The molecule has 41 heavy (non-hydrogen) atoms. The lowest BCUT2D eigenvalue weighted by atomic mass is 10.0. The monoisotopic (exact) mass is 581 g/mol. The molecule has 3 aromatic rings. The molecule has 3 aliphatic rings. The third-order valence-corrected chi connectivity index (χ3v) is 9.28. The quantitative estimate of drug-likeness (QED) is 0.462. The Kier molecular flexibility index (Phi) is 6.89. The Balaban J connectivity index is 1.34. The van der Waals surface area contributed by atoms with Crippen LogP contribution in [-0.4, -0.2) is 72.0 Å². The lowest BCUT2D eigenvalue weighted by molar-refractivity contribution is 0.0710. The number of sulfonamides is 1. The average Bonchev–Trinajstić information content (AvgIpc) is 3.33. The fourth-order valence-corrected chi connectivity index (χ4v) is 6.23. The molecule has 0 spiro atoms. The van der Waals surface area contributed by atoms with E-state index in [1.165, 1.54) is 18.9 Å². The van der Waals surface area contributed by atoms with Crippen LogP contribution in [-0.2, 0) is 14.8 Å². The maximum absolute atomic E-state index is 13.5. The van der Waals surface area contributed by atoms with Gasteiger partial charge in [-0.15, -0.1) is 5.10 Å². The van der Waals surface area contributed by atoms with Crippen LogP contribution in [0.25, 0.3) is 5.82 Å². The van der Waals surface area contributed by atoms with Crippen molar-refractivity contribution in [2.45, 2.75) is 63.1 Å².